The van der Waals surface area contributed by atoms with Crippen LogP contribution >= 0.6 is 24.4 Å². The number of nitrogens with one attached hydrogen (secondary N) is 1. The van der Waals surface area contributed by atoms with Crippen molar-refractivity contribution in [1.82, 2.24) is 0 Å². The van der Waals surface area contributed by atoms with E-state index in [1.165, 1.54) is 22.6 Å². The minimum atomic E-state index is -0.0673. The molecule has 2 nitrogen and oxygen atoms in total. The van der Waals surface area contributed by atoms with Crippen molar-refractivity contribution < 1.29 is 4.79 Å². The Morgan fingerprint density at radius 3 is 2.95 bits per heavy atom. The van der Waals surface area contributed by atoms with Crippen LogP contribution in [-0.2, 0) is 6.42 Å². The highest BCUT2D eigenvalue weighted by Crippen LogP contribution is 2.30. The Hall–Kier alpha value is -1.39. The van der Waals surface area contributed by atoms with E-state index in [9.17, 15) is 4.79 Å². The largest absolute Gasteiger partial charge is 0.322 e. The summed E-state index contributed by atoms with van der Waals surface area (Å²) < 4.78 is 0. The van der Waals surface area contributed by atoms with E-state index in [1.54, 1.807) is 0 Å². The number of carbonyl (C=O) groups is 1. The van der Waals surface area contributed by atoms with Crippen LogP contribution in [0.15, 0.2) is 52.3 Å². The highest BCUT2D eigenvalue weighted by molar-refractivity contribution is 7.99. The molecule has 0 saturated heterocycles. The summed E-state index contributed by atoms with van der Waals surface area (Å²) in [5, 5.41) is 2.91. The molecule has 0 radical (unpaired) electrons. The smallest absolute Gasteiger partial charge is 0.255 e. The Morgan fingerprint density at radius 1 is 1.20 bits per heavy atom. The standard InChI is InChI=1S/C16H15NOS2/c18-16(17-13-4-1-5-14(19)10-13)12-6-7-15-11(9-12)3-2-8-20-15/h1,4-7,9-10,19H,2-3,8H2,(H,17,18). The first-order valence-corrected chi connectivity index (χ1v) is 8.02. The molecule has 1 aliphatic rings. The molecule has 1 amide bonds. The van der Waals surface area contributed by atoms with Gasteiger partial charge in [0.1, 0.15) is 0 Å². The van der Waals surface area contributed by atoms with E-state index in [-0.39, 0.29) is 5.91 Å². The van der Waals surface area contributed by atoms with E-state index in [2.05, 4.69) is 24.0 Å². The van der Waals surface area contributed by atoms with E-state index in [0.29, 0.717) is 0 Å². The Labute approximate surface area is 128 Å². The van der Waals surface area contributed by atoms with Gasteiger partial charge in [-0.2, -0.15) is 0 Å². The van der Waals surface area contributed by atoms with Crippen molar-refractivity contribution in [2.24, 2.45) is 0 Å². The zero-order valence-electron chi connectivity index (χ0n) is 10.9. The summed E-state index contributed by atoms with van der Waals surface area (Å²) in [5.41, 5.74) is 2.78. The minimum Gasteiger partial charge on any atom is -0.322 e. The molecule has 20 heavy (non-hydrogen) atoms. The fraction of sp³-hybridized carbons (Fsp3) is 0.188. The lowest BCUT2D eigenvalue weighted by atomic mass is 10.1. The highest BCUT2D eigenvalue weighted by Gasteiger charge is 2.13. The number of hydrogen-bond donors (Lipinski definition) is 2. The number of benzene rings is 2. The van der Waals surface area contributed by atoms with Crippen LogP contribution in [0.3, 0.4) is 0 Å². The van der Waals surface area contributed by atoms with Crippen molar-refractivity contribution in [3.63, 3.8) is 0 Å². The van der Waals surface area contributed by atoms with Crippen molar-refractivity contribution >= 4 is 36.0 Å². The summed E-state index contributed by atoms with van der Waals surface area (Å²) in [6.45, 7) is 0. The molecule has 102 valence electrons. The summed E-state index contributed by atoms with van der Waals surface area (Å²) in [5.74, 6) is 1.11. The van der Waals surface area contributed by atoms with Gasteiger partial charge in [0.2, 0.25) is 0 Å². The molecule has 2 aromatic carbocycles. The van der Waals surface area contributed by atoms with E-state index >= 15 is 0 Å². The Bertz CT molecular complexity index is 655. The van der Waals surface area contributed by atoms with Crippen LogP contribution in [-0.4, -0.2) is 11.7 Å². The number of amides is 1. The van der Waals surface area contributed by atoms with E-state index in [4.69, 9.17) is 0 Å². The Morgan fingerprint density at radius 2 is 2.10 bits per heavy atom. The zero-order chi connectivity index (χ0) is 13.9. The average molecular weight is 301 g/mol. The van der Waals surface area contributed by atoms with Gasteiger partial charge in [-0.05, 0) is 60.6 Å². The van der Waals surface area contributed by atoms with Crippen LogP contribution in [0, 0.1) is 0 Å². The highest BCUT2D eigenvalue weighted by atomic mass is 32.2. The molecule has 0 unspecified atom stereocenters. The number of fused-ring (bicyclic) bond motifs is 1. The monoisotopic (exact) mass is 301 g/mol. The first-order chi connectivity index (χ1) is 9.72. The van der Waals surface area contributed by atoms with Gasteiger partial charge in [0, 0.05) is 21.0 Å². The maximum absolute atomic E-state index is 12.3. The Kier molecular flexibility index (Phi) is 4.03. The summed E-state index contributed by atoms with van der Waals surface area (Å²) in [7, 11) is 0. The number of thioether (sulfide) groups is 1. The van der Waals surface area contributed by atoms with Gasteiger partial charge in [0.25, 0.3) is 5.91 Å². The first kappa shape index (κ1) is 13.6. The van der Waals surface area contributed by atoms with Crippen LogP contribution in [0.25, 0.3) is 0 Å². The zero-order valence-corrected chi connectivity index (χ0v) is 12.6. The van der Waals surface area contributed by atoms with Crippen molar-refractivity contribution in [1.29, 1.82) is 0 Å². The molecule has 3 rings (SSSR count). The molecule has 0 saturated carbocycles. The fourth-order valence-corrected chi connectivity index (χ4v) is 3.53. The number of thiol groups is 1. The maximum atomic E-state index is 12.3. The van der Waals surface area contributed by atoms with Crippen LogP contribution in [0.2, 0.25) is 0 Å². The van der Waals surface area contributed by atoms with Gasteiger partial charge < -0.3 is 5.32 Å². The summed E-state index contributed by atoms with van der Waals surface area (Å²) >= 11 is 6.15. The van der Waals surface area contributed by atoms with E-state index in [0.717, 1.165) is 22.6 Å². The molecular weight excluding hydrogens is 286 g/mol. The summed E-state index contributed by atoms with van der Waals surface area (Å²) in [4.78, 5) is 14.4. The lowest BCUT2D eigenvalue weighted by Crippen LogP contribution is -2.13. The van der Waals surface area contributed by atoms with Gasteiger partial charge in [-0.15, -0.1) is 24.4 Å². The van der Waals surface area contributed by atoms with Gasteiger partial charge in [-0.25, -0.2) is 0 Å². The molecular formula is C16H15NOS2. The number of carbonyl (C=O) groups excluding carboxylic acids is 1. The topological polar surface area (TPSA) is 29.1 Å². The van der Waals surface area contributed by atoms with Crippen LogP contribution < -0.4 is 5.32 Å². The minimum absolute atomic E-state index is 0.0673. The summed E-state index contributed by atoms with van der Waals surface area (Å²) in [6, 6.07) is 13.4. The van der Waals surface area contributed by atoms with Crippen molar-refractivity contribution in [2.45, 2.75) is 22.6 Å². The molecule has 0 aromatic heterocycles. The molecule has 0 fully saturated rings. The lowest BCUT2D eigenvalue weighted by Gasteiger charge is -2.16. The normalized spacial score (nSPS) is 13.7. The molecule has 0 aliphatic carbocycles. The van der Waals surface area contributed by atoms with Gasteiger partial charge in [-0.3, -0.25) is 4.79 Å². The number of aryl methyl sites for hydroxylation is 1. The Balaban J connectivity index is 1.80. The molecule has 1 N–H and O–H groups in total. The van der Waals surface area contributed by atoms with Gasteiger partial charge in [0.15, 0.2) is 0 Å². The van der Waals surface area contributed by atoms with Crippen molar-refractivity contribution in [3.05, 3.63) is 53.6 Å². The van der Waals surface area contributed by atoms with Crippen molar-refractivity contribution in [2.75, 3.05) is 11.1 Å². The number of rotatable bonds is 2. The van der Waals surface area contributed by atoms with E-state index in [1.807, 2.05) is 48.2 Å². The third-order valence-corrected chi connectivity index (χ3v) is 4.75. The molecule has 0 bridgehead atoms. The third kappa shape index (κ3) is 3.02. The molecule has 0 atom stereocenters. The quantitative estimate of drug-likeness (QED) is 0.811. The second-order valence-corrected chi connectivity index (χ2v) is 6.43. The van der Waals surface area contributed by atoms with Crippen LogP contribution in [0.5, 0.6) is 0 Å². The number of anilines is 1. The number of hydrogen-bond acceptors (Lipinski definition) is 3. The fourth-order valence-electron chi connectivity index (χ4n) is 2.29. The van der Waals surface area contributed by atoms with Gasteiger partial charge >= 0.3 is 0 Å². The maximum Gasteiger partial charge on any atom is 0.255 e. The first-order valence-electron chi connectivity index (χ1n) is 6.58. The molecule has 4 heteroatoms. The summed E-state index contributed by atoms with van der Waals surface area (Å²) in [6.07, 6.45) is 2.25. The predicted octanol–water partition coefficient (Wildman–Crippen LogP) is 4.27. The van der Waals surface area contributed by atoms with Crippen LogP contribution in [0.1, 0.15) is 22.3 Å². The third-order valence-electron chi connectivity index (χ3n) is 3.27. The van der Waals surface area contributed by atoms with Crippen LogP contribution in [0.4, 0.5) is 5.69 Å². The predicted molar refractivity (Wildman–Crippen MR) is 87.1 cm³/mol. The molecule has 1 aliphatic heterocycles. The van der Waals surface area contributed by atoms with E-state index < -0.39 is 0 Å². The average Bonchev–Trinajstić information content (AvgIpc) is 2.47. The molecule has 0 spiro atoms. The van der Waals surface area contributed by atoms with Gasteiger partial charge in [0.05, 0.1) is 0 Å². The lowest BCUT2D eigenvalue weighted by molar-refractivity contribution is 0.102. The SMILES string of the molecule is O=C(Nc1cccc(S)c1)c1ccc2c(c1)CCCS2. The van der Waals surface area contributed by atoms with Gasteiger partial charge in [-0.1, -0.05) is 6.07 Å². The second kappa shape index (κ2) is 5.94. The van der Waals surface area contributed by atoms with Crippen molar-refractivity contribution in [3.8, 4) is 0 Å². The molecule has 1 heterocycles. The second-order valence-electron chi connectivity index (χ2n) is 4.78. The molecule has 2 aromatic rings.